The summed E-state index contributed by atoms with van der Waals surface area (Å²) in [5.41, 5.74) is 1.76. The largest absolute Gasteiger partial charge is 0.387 e. The molecule has 1 aromatic carbocycles. The van der Waals surface area contributed by atoms with Crippen LogP contribution < -0.4 is 5.32 Å². The molecule has 1 aliphatic carbocycles. The fraction of sp³-hybridized carbons (Fsp3) is 0.611. The van der Waals surface area contributed by atoms with Crippen molar-refractivity contribution in [2.45, 2.75) is 45.1 Å². The van der Waals surface area contributed by atoms with Gasteiger partial charge in [0.25, 0.3) is 5.91 Å². The van der Waals surface area contributed by atoms with Crippen LogP contribution in [-0.2, 0) is 0 Å². The van der Waals surface area contributed by atoms with Crippen molar-refractivity contribution < 1.29 is 4.79 Å². The van der Waals surface area contributed by atoms with E-state index in [1.807, 2.05) is 31.3 Å². The Morgan fingerprint density at radius 2 is 1.95 bits per heavy atom. The molecular weight excluding hydrogens is 260 g/mol. The second-order valence-corrected chi connectivity index (χ2v) is 6.58. The zero-order valence-electron chi connectivity index (χ0n) is 13.1. The maximum absolute atomic E-state index is 13.0. The van der Waals surface area contributed by atoms with Gasteiger partial charge >= 0.3 is 0 Å². The highest BCUT2D eigenvalue weighted by Gasteiger charge is 2.39. The third-order valence-electron chi connectivity index (χ3n) is 5.43. The molecule has 21 heavy (non-hydrogen) atoms. The topological polar surface area (TPSA) is 32.3 Å². The van der Waals surface area contributed by atoms with Crippen LogP contribution in [-0.4, -0.2) is 30.4 Å². The smallest absolute Gasteiger partial charge is 0.256 e. The number of piperidine rings is 1. The molecule has 1 heterocycles. The molecule has 0 aromatic heterocycles. The van der Waals surface area contributed by atoms with Crippen molar-refractivity contribution in [3.8, 4) is 0 Å². The molecule has 3 rings (SSSR count). The normalized spacial score (nSPS) is 28.9. The number of nitrogens with one attached hydrogen (secondary N) is 1. The summed E-state index contributed by atoms with van der Waals surface area (Å²) in [6.07, 6.45) is 6.23. The van der Waals surface area contributed by atoms with Gasteiger partial charge in [-0.15, -0.1) is 0 Å². The van der Waals surface area contributed by atoms with Crippen LogP contribution in [0.3, 0.4) is 0 Å². The second-order valence-electron chi connectivity index (χ2n) is 6.58. The van der Waals surface area contributed by atoms with Gasteiger partial charge in [0.15, 0.2) is 0 Å². The summed E-state index contributed by atoms with van der Waals surface area (Å²) in [7, 11) is 1.88. The van der Waals surface area contributed by atoms with E-state index in [1.165, 1.54) is 25.7 Å². The predicted octanol–water partition coefficient (Wildman–Crippen LogP) is 3.77. The Morgan fingerprint density at radius 3 is 2.76 bits per heavy atom. The molecule has 1 N–H and O–H groups in total. The molecule has 114 valence electrons. The highest BCUT2D eigenvalue weighted by Crippen LogP contribution is 2.39. The molecular formula is C18H26N2O. The summed E-state index contributed by atoms with van der Waals surface area (Å²) < 4.78 is 0. The Morgan fingerprint density at radius 1 is 1.19 bits per heavy atom. The van der Waals surface area contributed by atoms with E-state index >= 15 is 0 Å². The average molecular weight is 286 g/mol. The fourth-order valence-corrected chi connectivity index (χ4v) is 4.21. The molecule has 1 saturated heterocycles. The van der Waals surface area contributed by atoms with Crippen molar-refractivity contribution >= 4 is 11.6 Å². The number of rotatable bonds is 2. The lowest BCUT2D eigenvalue weighted by molar-refractivity contribution is 0.0218. The van der Waals surface area contributed by atoms with E-state index in [4.69, 9.17) is 0 Å². The Labute approximate surface area is 127 Å². The Kier molecular flexibility index (Phi) is 4.18. The first-order valence-corrected chi connectivity index (χ1v) is 8.30. The van der Waals surface area contributed by atoms with Crippen molar-refractivity contribution in [1.29, 1.82) is 0 Å². The molecule has 0 spiro atoms. The first-order valence-electron chi connectivity index (χ1n) is 8.30. The highest BCUT2D eigenvalue weighted by atomic mass is 16.2. The minimum Gasteiger partial charge on any atom is -0.387 e. The number of hydrogen-bond acceptors (Lipinski definition) is 2. The predicted molar refractivity (Wildman–Crippen MR) is 86.6 cm³/mol. The Bertz CT molecular complexity index is 514. The van der Waals surface area contributed by atoms with E-state index in [2.05, 4.69) is 17.1 Å². The number of amides is 1. The molecule has 2 aliphatic rings. The van der Waals surface area contributed by atoms with Crippen molar-refractivity contribution in [2.75, 3.05) is 18.9 Å². The summed E-state index contributed by atoms with van der Waals surface area (Å²) in [5.74, 6) is 1.68. The zero-order valence-corrected chi connectivity index (χ0v) is 13.1. The van der Waals surface area contributed by atoms with Crippen LogP contribution in [0.1, 0.15) is 49.4 Å². The van der Waals surface area contributed by atoms with Crippen molar-refractivity contribution in [3.05, 3.63) is 29.8 Å². The third kappa shape index (κ3) is 2.66. The third-order valence-corrected chi connectivity index (χ3v) is 5.43. The van der Waals surface area contributed by atoms with Gasteiger partial charge < -0.3 is 10.2 Å². The maximum atomic E-state index is 13.0. The molecule has 0 bridgehead atoms. The summed E-state index contributed by atoms with van der Waals surface area (Å²) in [5, 5.41) is 3.15. The molecule has 3 unspecified atom stereocenters. The zero-order chi connectivity index (χ0) is 14.8. The standard InChI is InChI=1S/C18H26N2O/c1-13-11-12-20(17-10-6-4-7-14(13)17)18(21)15-8-3-5-9-16(15)19-2/h3,5,8-9,13-14,17,19H,4,6-7,10-12H2,1-2H3. The number of anilines is 1. The number of para-hydroxylation sites is 1. The number of likely N-dealkylation sites (tertiary alicyclic amines) is 1. The number of fused-ring (bicyclic) bond motifs is 1. The number of carbonyl (C=O) groups excluding carboxylic acids is 1. The van der Waals surface area contributed by atoms with Gasteiger partial charge in [-0.05, 0) is 43.2 Å². The van der Waals surface area contributed by atoms with Crippen LogP contribution in [0.25, 0.3) is 0 Å². The van der Waals surface area contributed by atoms with E-state index in [0.29, 0.717) is 12.0 Å². The number of benzene rings is 1. The quantitative estimate of drug-likeness (QED) is 0.897. The lowest BCUT2D eigenvalue weighted by Crippen LogP contribution is -2.52. The van der Waals surface area contributed by atoms with Gasteiger partial charge in [-0.2, -0.15) is 0 Å². The van der Waals surface area contributed by atoms with Gasteiger partial charge in [-0.1, -0.05) is 31.9 Å². The van der Waals surface area contributed by atoms with Crippen LogP contribution in [0.15, 0.2) is 24.3 Å². The number of carbonyl (C=O) groups is 1. The molecule has 1 saturated carbocycles. The minimum absolute atomic E-state index is 0.212. The van der Waals surface area contributed by atoms with Gasteiger partial charge in [0.2, 0.25) is 0 Å². The van der Waals surface area contributed by atoms with Crippen LogP contribution in [0.5, 0.6) is 0 Å². The van der Waals surface area contributed by atoms with E-state index in [-0.39, 0.29) is 5.91 Å². The molecule has 3 atom stereocenters. The van der Waals surface area contributed by atoms with Crippen LogP contribution in [0, 0.1) is 11.8 Å². The summed E-state index contributed by atoms with van der Waals surface area (Å²) >= 11 is 0. The average Bonchev–Trinajstić information content (AvgIpc) is 2.55. The Hall–Kier alpha value is -1.51. The molecule has 0 radical (unpaired) electrons. The van der Waals surface area contributed by atoms with Crippen LogP contribution in [0.4, 0.5) is 5.69 Å². The molecule has 2 fully saturated rings. The minimum atomic E-state index is 0.212. The molecule has 1 aromatic rings. The van der Waals surface area contributed by atoms with Crippen LogP contribution in [0.2, 0.25) is 0 Å². The van der Waals surface area contributed by atoms with Gasteiger partial charge in [-0.25, -0.2) is 0 Å². The maximum Gasteiger partial charge on any atom is 0.256 e. The summed E-state index contributed by atoms with van der Waals surface area (Å²) in [4.78, 5) is 15.2. The number of nitrogens with zero attached hydrogens (tertiary/aromatic N) is 1. The van der Waals surface area contributed by atoms with Crippen LogP contribution >= 0.6 is 0 Å². The molecule has 1 amide bonds. The number of hydrogen-bond donors (Lipinski definition) is 1. The SMILES string of the molecule is CNc1ccccc1C(=O)N1CCC(C)C2CCCCC21. The van der Waals surface area contributed by atoms with Crippen molar-refractivity contribution in [3.63, 3.8) is 0 Å². The van der Waals surface area contributed by atoms with Gasteiger partial charge in [0, 0.05) is 25.3 Å². The fourth-order valence-electron chi connectivity index (χ4n) is 4.21. The monoisotopic (exact) mass is 286 g/mol. The molecule has 3 heteroatoms. The molecule has 1 aliphatic heterocycles. The van der Waals surface area contributed by atoms with Crippen molar-refractivity contribution in [1.82, 2.24) is 4.90 Å². The first-order chi connectivity index (χ1) is 10.2. The van der Waals surface area contributed by atoms with Gasteiger partial charge in [-0.3, -0.25) is 4.79 Å². The Balaban J connectivity index is 1.86. The first kappa shape index (κ1) is 14.4. The van der Waals surface area contributed by atoms with E-state index in [1.54, 1.807) is 0 Å². The van der Waals surface area contributed by atoms with E-state index in [9.17, 15) is 4.79 Å². The van der Waals surface area contributed by atoms with E-state index in [0.717, 1.165) is 30.1 Å². The van der Waals surface area contributed by atoms with Gasteiger partial charge in [0.05, 0.1) is 5.56 Å². The van der Waals surface area contributed by atoms with Crippen molar-refractivity contribution in [2.24, 2.45) is 11.8 Å². The highest BCUT2D eigenvalue weighted by molar-refractivity contribution is 5.99. The van der Waals surface area contributed by atoms with Gasteiger partial charge in [0.1, 0.15) is 0 Å². The molecule has 3 nitrogen and oxygen atoms in total. The lowest BCUT2D eigenvalue weighted by Gasteiger charge is -2.47. The lowest BCUT2D eigenvalue weighted by atomic mass is 9.72. The summed E-state index contributed by atoms with van der Waals surface area (Å²) in [6.45, 7) is 3.28. The summed E-state index contributed by atoms with van der Waals surface area (Å²) in [6, 6.07) is 8.32. The second kappa shape index (κ2) is 6.08. The van der Waals surface area contributed by atoms with E-state index < -0.39 is 0 Å².